The van der Waals surface area contributed by atoms with E-state index in [0.29, 0.717) is 11.3 Å². The lowest BCUT2D eigenvalue weighted by atomic mass is 10.1. The van der Waals surface area contributed by atoms with E-state index in [2.05, 4.69) is 0 Å². The molecular formula is C11H11NO3. The quantitative estimate of drug-likeness (QED) is 0.770. The molecule has 0 bridgehead atoms. The Morgan fingerprint density at radius 3 is 2.67 bits per heavy atom. The summed E-state index contributed by atoms with van der Waals surface area (Å²) >= 11 is 0. The zero-order chi connectivity index (χ0) is 11.0. The van der Waals surface area contributed by atoms with Gasteiger partial charge in [-0.3, -0.25) is 0 Å². The second kappa shape index (κ2) is 3.31. The van der Waals surface area contributed by atoms with Crippen LogP contribution in [0.1, 0.15) is 5.56 Å². The van der Waals surface area contributed by atoms with Crippen molar-refractivity contribution in [2.75, 3.05) is 0 Å². The van der Waals surface area contributed by atoms with Crippen LogP contribution in [0.5, 0.6) is 5.75 Å². The van der Waals surface area contributed by atoms with Crippen LogP contribution in [0, 0.1) is 6.92 Å². The molecule has 2 rings (SSSR count). The molecule has 1 heterocycles. The highest BCUT2D eigenvalue weighted by Crippen LogP contribution is 2.24. The van der Waals surface area contributed by atoms with Crippen LogP contribution in [-0.4, -0.2) is 9.85 Å². The fourth-order valence-electron chi connectivity index (χ4n) is 1.62. The Balaban J connectivity index is 2.69. The molecule has 0 aliphatic rings. The van der Waals surface area contributed by atoms with Gasteiger partial charge in [-0.1, -0.05) is 12.1 Å². The molecule has 1 aromatic carbocycles. The van der Waals surface area contributed by atoms with Gasteiger partial charge in [-0.2, -0.15) is 0 Å². The predicted molar refractivity (Wildman–Crippen MR) is 55.8 cm³/mol. The lowest BCUT2D eigenvalue weighted by Gasteiger charge is -2.02. The average molecular weight is 205 g/mol. The number of aromatic hydroxyl groups is 1. The number of benzene rings is 1. The monoisotopic (exact) mass is 205 g/mol. The molecule has 1 aromatic heterocycles. The summed E-state index contributed by atoms with van der Waals surface area (Å²) in [5.41, 5.74) is 1.65. The molecule has 78 valence electrons. The standard InChI is InChI=1S/C11H11NO3/c1-7-10(12(2)15-11(7)14)8-4-3-5-9(13)6-8/h3-6,13H,1-2H3. The number of phenols is 1. The van der Waals surface area contributed by atoms with Gasteiger partial charge in [0.1, 0.15) is 5.75 Å². The summed E-state index contributed by atoms with van der Waals surface area (Å²) in [5, 5.41) is 9.34. The van der Waals surface area contributed by atoms with Crippen LogP contribution in [0.4, 0.5) is 0 Å². The molecule has 0 radical (unpaired) electrons. The van der Waals surface area contributed by atoms with Gasteiger partial charge in [-0.05, 0) is 19.1 Å². The number of hydrogen-bond acceptors (Lipinski definition) is 3. The molecule has 4 nitrogen and oxygen atoms in total. The molecule has 0 amide bonds. The molecule has 2 aromatic rings. The van der Waals surface area contributed by atoms with E-state index in [0.717, 1.165) is 5.56 Å². The van der Waals surface area contributed by atoms with E-state index in [1.54, 1.807) is 32.2 Å². The van der Waals surface area contributed by atoms with Gasteiger partial charge >= 0.3 is 5.63 Å². The molecule has 0 fully saturated rings. The lowest BCUT2D eigenvalue weighted by molar-refractivity contribution is 0.288. The maximum absolute atomic E-state index is 11.3. The smallest absolute Gasteiger partial charge is 0.361 e. The second-order valence-electron chi connectivity index (χ2n) is 3.40. The summed E-state index contributed by atoms with van der Waals surface area (Å²) in [7, 11) is 1.66. The molecule has 0 aliphatic carbocycles. The van der Waals surface area contributed by atoms with Crippen LogP contribution in [0.3, 0.4) is 0 Å². The topological polar surface area (TPSA) is 55.4 Å². The first-order valence-corrected chi connectivity index (χ1v) is 4.56. The minimum Gasteiger partial charge on any atom is -0.508 e. The number of nitrogens with zero attached hydrogens (tertiary/aromatic N) is 1. The van der Waals surface area contributed by atoms with E-state index in [-0.39, 0.29) is 11.4 Å². The van der Waals surface area contributed by atoms with E-state index in [4.69, 9.17) is 4.52 Å². The first-order chi connectivity index (χ1) is 7.09. The number of rotatable bonds is 1. The summed E-state index contributed by atoms with van der Waals surface area (Å²) in [6.45, 7) is 1.70. The van der Waals surface area contributed by atoms with Crippen LogP contribution >= 0.6 is 0 Å². The molecule has 1 N–H and O–H groups in total. The van der Waals surface area contributed by atoms with Crippen molar-refractivity contribution in [1.82, 2.24) is 4.74 Å². The van der Waals surface area contributed by atoms with Gasteiger partial charge in [-0.25, -0.2) is 9.53 Å². The molecule has 0 saturated carbocycles. The van der Waals surface area contributed by atoms with E-state index >= 15 is 0 Å². The van der Waals surface area contributed by atoms with E-state index in [1.807, 2.05) is 6.07 Å². The Kier molecular flexibility index (Phi) is 2.11. The number of aryl methyl sites for hydroxylation is 1. The van der Waals surface area contributed by atoms with Gasteiger partial charge in [0.05, 0.1) is 11.3 Å². The fraction of sp³-hybridized carbons (Fsp3) is 0.182. The first-order valence-electron chi connectivity index (χ1n) is 4.56. The summed E-state index contributed by atoms with van der Waals surface area (Å²) < 4.78 is 6.33. The molecule has 15 heavy (non-hydrogen) atoms. The van der Waals surface area contributed by atoms with Crippen LogP contribution in [0.2, 0.25) is 0 Å². The third-order valence-corrected chi connectivity index (χ3v) is 2.32. The van der Waals surface area contributed by atoms with Crippen LogP contribution in [0.25, 0.3) is 11.3 Å². The van der Waals surface area contributed by atoms with Crippen LogP contribution < -0.4 is 5.63 Å². The van der Waals surface area contributed by atoms with Gasteiger partial charge in [0.25, 0.3) is 0 Å². The van der Waals surface area contributed by atoms with Gasteiger partial charge in [0.2, 0.25) is 0 Å². The Morgan fingerprint density at radius 1 is 1.40 bits per heavy atom. The maximum atomic E-state index is 11.3. The molecule has 0 atom stereocenters. The summed E-state index contributed by atoms with van der Waals surface area (Å²) in [6, 6.07) is 6.72. The highest BCUT2D eigenvalue weighted by atomic mass is 16.5. The number of aromatic nitrogens is 1. The predicted octanol–water partition coefficient (Wildman–Crippen LogP) is 1.66. The molecule has 0 unspecified atom stereocenters. The van der Waals surface area contributed by atoms with Crippen molar-refractivity contribution in [3.05, 3.63) is 40.2 Å². The van der Waals surface area contributed by atoms with Gasteiger partial charge in [0.15, 0.2) is 0 Å². The van der Waals surface area contributed by atoms with Crippen molar-refractivity contribution in [1.29, 1.82) is 0 Å². The van der Waals surface area contributed by atoms with Crippen LogP contribution in [0.15, 0.2) is 33.6 Å². The summed E-state index contributed by atoms with van der Waals surface area (Å²) in [4.78, 5) is 11.3. The highest BCUT2D eigenvalue weighted by molar-refractivity contribution is 5.64. The molecule has 0 spiro atoms. The molecular weight excluding hydrogens is 194 g/mol. The van der Waals surface area contributed by atoms with Gasteiger partial charge < -0.3 is 9.63 Å². The zero-order valence-corrected chi connectivity index (χ0v) is 8.52. The maximum Gasteiger partial charge on any atom is 0.361 e. The van der Waals surface area contributed by atoms with E-state index in [9.17, 15) is 9.90 Å². The SMILES string of the molecule is Cc1c(-c2cccc(O)c2)n(C)oc1=O. The van der Waals surface area contributed by atoms with E-state index in [1.165, 1.54) is 4.74 Å². The minimum absolute atomic E-state index is 0.167. The van der Waals surface area contributed by atoms with Crippen molar-refractivity contribution in [2.24, 2.45) is 7.05 Å². The Hall–Kier alpha value is -1.97. The van der Waals surface area contributed by atoms with Gasteiger partial charge in [-0.15, -0.1) is 0 Å². The molecule has 0 aliphatic heterocycles. The van der Waals surface area contributed by atoms with Crippen molar-refractivity contribution in [2.45, 2.75) is 6.92 Å². The summed E-state index contributed by atoms with van der Waals surface area (Å²) in [5.74, 6) is 0.167. The van der Waals surface area contributed by atoms with Gasteiger partial charge in [0, 0.05) is 12.6 Å². The summed E-state index contributed by atoms with van der Waals surface area (Å²) in [6.07, 6.45) is 0. The van der Waals surface area contributed by atoms with Crippen molar-refractivity contribution >= 4 is 0 Å². The third-order valence-electron chi connectivity index (χ3n) is 2.32. The number of hydrogen-bond donors (Lipinski definition) is 1. The largest absolute Gasteiger partial charge is 0.508 e. The van der Waals surface area contributed by atoms with Crippen LogP contribution in [-0.2, 0) is 7.05 Å². The Morgan fingerprint density at radius 2 is 2.13 bits per heavy atom. The van der Waals surface area contributed by atoms with Crippen molar-refractivity contribution in [3.63, 3.8) is 0 Å². The molecule has 4 heteroatoms. The van der Waals surface area contributed by atoms with Crippen molar-refractivity contribution < 1.29 is 9.63 Å². The minimum atomic E-state index is -0.351. The highest BCUT2D eigenvalue weighted by Gasteiger charge is 2.12. The zero-order valence-electron chi connectivity index (χ0n) is 8.52. The fourth-order valence-corrected chi connectivity index (χ4v) is 1.62. The third kappa shape index (κ3) is 1.54. The number of phenolic OH excluding ortho intramolecular Hbond substituents is 1. The average Bonchev–Trinajstić information content (AvgIpc) is 2.41. The first kappa shape index (κ1) is 9.58. The Bertz CT molecular complexity index is 551. The molecule has 0 saturated heterocycles. The lowest BCUT2D eigenvalue weighted by Crippen LogP contribution is -1.95. The normalized spacial score (nSPS) is 10.5. The van der Waals surface area contributed by atoms with Crippen molar-refractivity contribution in [3.8, 4) is 17.0 Å². The van der Waals surface area contributed by atoms with E-state index < -0.39 is 0 Å². The Labute approximate surface area is 86.3 Å². The second-order valence-corrected chi connectivity index (χ2v) is 3.40.